The van der Waals surface area contributed by atoms with Crippen molar-refractivity contribution < 1.29 is 9.18 Å². The van der Waals surface area contributed by atoms with E-state index in [4.69, 9.17) is 0 Å². The Balaban J connectivity index is 2.08. The molecular formula is C16H24FN3O. The van der Waals surface area contributed by atoms with Crippen molar-refractivity contribution in [2.24, 2.45) is 11.8 Å². The lowest BCUT2D eigenvalue weighted by Crippen LogP contribution is -2.28. The van der Waals surface area contributed by atoms with E-state index in [2.05, 4.69) is 10.6 Å². The summed E-state index contributed by atoms with van der Waals surface area (Å²) in [7, 11) is 1.85. The second kappa shape index (κ2) is 6.43. The van der Waals surface area contributed by atoms with Crippen molar-refractivity contribution in [1.82, 2.24) is 5.32 Å². The fraction of sp³-hybridized carbons (Fsp3) is 0.562. The Labute approximate surface area is 125 Å². The van der Waals surface area contributed by atoms with E-state index in [1.165, 1.54) is 6.07 Å². The SMILES string of the molecule is CC(C)N(C)c1ccc(NC(=O)[C@@H]2CNC[C@H]2C)cc1F. The number of amides is 1. The number of hydrogen-bond donors (Lipinski definition) is 2. The van der Waals surface area contributed by atoms with Gasteiger partial charge in [-0.1, -0.05) is 6.92 Å². The predicted molar refractivity (Wildman–Crippen MR) is 84.1 cm³/mol. The van der Waals surface area contributed by atoms with Crippen LogP contribution in [-0.2, 0) is 4.79 Å². The second-order valence-electron chi connectivity index (χ2n) is 6.10. The summed E-state index contributed by atoms with van der Waals surface area (Å²) in [5.74, 6) is -0.106. The van der Waals surface area contributed by atoms with Crippen LogP contribution in [-0.4, -0.2) is 32.1 Å². The highest BCUT2D eigenvalue weighted by Crippen LogP contribution is 2.24. The minimum Gasteiger partial charge on any atom is -0.370 e. The molecule has 1 amide bonds. The van der Waals surface area contributed by atoms with Gasteiger partial charge in [-0.05, 0) is 44.5 Å². The summed E-state index contributed by atoms with van der Waals surface area (Å²) in [5, 5.41) is 6.01. The Morgan fingerprint density at radius 2 is 2.14 bits per heavy atom. The molecule has 0 saturated carbocycles. The van der Waals surface area contributed by atoms with Crippen LogP contribution in [0.4, 0.5) is 15.8 Å². The highest BCUT2D eigenvalue weighted by Gasteiger charge is 2.29. The number of rotatable bonds is 4. The smallest absolute Gasteiger partial charge is 0.229 e. The summed E-state index contributed by atoms with van der Waals surface area (Å²) in [4.78, 5) is 14.0. The monoisotopic (exact) mass is 293 g/mol. The number of anilines is 2. The van der Waals surface area contributed by atoms with Gasteiger partial charge in [0.15, 0.2) is 0 Å². The third-order valence-electron chi connectivity index (χ3n) is 4.22. The molecule has 5 heteroatoms. The first-order valence-corrected chi connectivity index (χ1v) is 7.44. The Morgan fingerprint density at radius 3 is 2.67 bits per heavy atom. The molecule has 1 aliphatic rings. The zero-order valence-corrected chi connectivity index (χ0v) is 13.1. The van der Waals surface area contributed by atoms with Crippen LogP contribution in [0, 0.1) is 17.7 Å². The van der Waals surface area contributed by atoms with E-state index in [0.29, 0.717) is 23.8 Å². The van der Waals surface area contributed by atoms with Crippen molar-refractivity contribution in [2.75, 3.05) is 30.4 Å². The van der Waals surface area contributed by atoms with Gasteiger partial charge in [0.1, 0.15) is 5.82 Å². The van der Waals surface area contributed by atoms with Crippen molar-refractivity contribution in [3.63, 3.8) is 0 Å². The Bertz CT molecular complexity index is 518. The van der Waals surface area contributed by atoms with Crippen LogP contribution in [0.3, 0.4) is 0 Å². The molecule has 1 fully saturated rings. The maximum Gasteiger partial charge on any atom is 0.229 e. The first kappa shape index (κ1) is 15.8. The summed E-state index contributed by atoms with van der Waals surface area (Å²) >= 11 is 0. The Kier molecular flexibility index (Phi) is 4.83. The minimum atomic E-state index is -0.318. The molecule has 1 aromatic carbocycles. The van der Waals surface area contributed by atoms with Crippen molar-refractivity contribution >= 4 is 17.3 Å². The summed E-state index contributed by atoms with van der Waals surface area (Å²) < 4.78 is 14.2. The third kappa shape index (κ3) is 3.53. The molecule has 116 valence electrons. The maximum absolute atomic E-state index is 14.2. The van der Waals surface area contributed by atoms with Gasteiger partial charge in [-0.15, -0.1) is 0 Å². The molecule has 0 unspecified atom stereocenters. The quantitative estimate of drug-likeness (QED) is 0.896. The molecular weight excluding hydrogens is 269 g/mol. The Morgan fingerprint density at radius 1 is 1.43 bits per heavy atom. The lowest BCUT2D eigenvalue weighted by molar-refractivity contribution is -0.120. The number of nitrogens with one attached hydrogen (secondary N) is 2. The molecule has 1 aromatic rings. The summed E-state index contributed by atoms with van der Waals surface area (Å²) in [6.07, 6.45) is 0. The number of hydrogen-bond acceptors (Lipinski definition) is 3. The van der Waals surface area contributed by atoms with Gasteiger partial charge < -0.3 is 15.5 Å². The molecule has 0 aromatic heterocycles. The van der Waals surface area contributed by atoms with E-state index < -0.39 is 0 Å². The van der Waals surface area contributed by atoms with Gasteiger partial charge in [0, 0.05) is 25.3 Å². The van der Waals surface area contributed by atoms with E-state index in [-0.39, 0.29) is 23.7 Å². The third-order valence-corrected chi connectivity index (χ3v) is 4.22. The van der Waals surface area contributed by atoms with Gasteiger partial charge in [0.2, 0.25) is 5.91 Å². The highest BCUT2D eigenvalue weighted by atomic mass is 19.1. The number of halogens is 1. The van der Waals surface area contributed by atoms with E-state index in [1.807, 2.05) is 32.7 Å². The van der Waals surface area contributed by atoms with Crippen LogP contribution in [0.5, 0.6) is 0 Å². The minimum absolute atomic E-state index is 0.0446. The van der Waals surface area contributed by atoms with Gasteiger partial charge in [-0.2, -0.15) is 0 Å². The largest absolute Gasteiger partial charge is 0.370 e. The van der Waals surface area contributed by atoms with Gasteiger partial charge in [0.25, 0.3) is 0 Å². The van der Waals surface area contributed by atoms with Crippen LogP contribution in [0.15, 0.2) is 18.2 Å². The molecule has 0 aliphatic carbocycles. The molecule has 0 radical (unpaired) electrons. The van der Waals surface area contributed by atoms with E-state index >= 15 is 0 Å². The number of nitrogens with zero attached hydrogens (tertiary/aromatic N) is 1. The fourth-order valence-electron chi connectivity index (χ4n) is 2.54. The number of carbonyl (C=O) groups is 1. The normalized spacial score (nSPS) is 21.6. The lowest BCUT2D eigenvalue weighted by Gasteiger charge is -2.24. The number of carbonyl (C=O) groups excluding carboxylic acids is 1. The van der Waals surface area contributed by atoms with Gasteiger partial charge in [-0.25, -0.2) is 4.39 Å². The summed E-state index contributed by atoms with van der Waals surface area (Å²) in [6, 6.07) is 5.06. The average Bonchev–Trinajstić information content (AvgIpc) is 2.84. The molecule has 0 bridgehead atoms. The topological polar surface area (TPSA) is 44.4 Å². The van der Waals surface area contributed by atoms with Crippen molar-refractivity contribution in [2.45, 2.75) is 26.8 Å². The molecule has 2 rings (SSSR count). The van der Waals surface area contributed by atoms with Gasteiger partial charge in [-0.3, -0.25) is 4.79 Å². The maximum atomic E-state index is 14.2. The molecule has 1 heterocycles. The van der Waals surface area contributed by atoms with E-state index in [1.54, 1.807) is 12.1 Å². The number of benzene rings is 1. The van der Waals surface area contributed by atoms with Crippen molar-refractivity contribution in [1.29, 1.82) is 0 Å². The lowest BCUT2D eigenvalue weighted by atomic mass is 9.97. The van der Waals surface area contributed by atoms with Crippen LogP contribution < -0.4 is 15.5 Å². The van der Waals surface area contributed by atoms with Crippen LogP contribution in [0.2, 0.25) is 0 Å². The first-order valence-electron chi connectivity index (χ1n) is 7.44. The highest BCUT2D eigenvalue weighted by molar-refractivity contribution is 5.93. The van der Waals surface area contributed by atoms with Gasteiger partial charge >= 0.3 is 0 Å². The molecule has 2 atom stereocenters. The van der Waals surface area contributed by atoms with Crippen molar-refractivity contribution in [3.05, 3.63) is 24.0 Å². The predicted octanol–water partition coefficient (Wildman–Crippen LogP) is 2.46. The molecule has 1 saturated heterocycles. The van der Waals surface area contributed by atoms with Gasteiger partial charge in [0.05, 0.1) is 11.6 Å². The Hall–Kier alpha value is -1.62. The second-order valence-corrected chi connectivity index (χ2v) is 6.10. The summed E-state index contributed by atoms with van der Waals surface area (Å²) in [6.45, 7) is 7.59. The van der Waals surface area contributed by atoms with Crippen LogP contribution >= 0.6 is 0 Å². The summed E-state index contributed by atoms with van der Waals surface area (Å²) in [5.41, 5.74) is 1.05. The molecule has 21 heavy (non-hydrogen) atoms. The average molecular weight is 293 g/mol. The zero-order valence-electron chi connectivity index (χ0n) is 13.1. The van der Waals surface area contributed by atoms with Crippen LogP contribution in [0.25, 0.3) is 0 Å². The molecule has 1 aliphatic heterocycles. The molecule has 2 N–H and O–H groups in total. The molecule has 4 nitrogen and oxygen atoms in total. The van der Waals surface area contributed by atoms with Crippen molar-refractivity contribution in [3.8, 4) is 0 Å². The molecule has 0 spiro atoms. The first-order chi connectivity index (χ1) is 9.90. The standard InChI is InChI=1S/C16H24FN3O/c1-10(2)20(4)15-6-5-12(7-14(15)17)19-16(21)13-9-18-8-11(13)3/h5-7,10-11,13,18H,8-9H2,1-4H3,(H,19,21)/t11-,13-/m1/s1. The fourth-order valence-corrected chi connectivity index (χ4v) is 2.54. The zero-order chi connectivity index (χ0) is 15.6. The van der Waals surface area contributed by atoms with E-state index in [0.717, 1.165) is 6.54 Å². The van der Waals surface area contributed by atoms with Crippen LogP contribution in [0.1, 0.15) is 20.8 Å². The van der Waals surface area contributed by atoms with E-state index in [9.17, 15) is 9.18 Å².